The van der Waals surface area contributed by atoms with E-state index in [-0.39, 0.29) is 18.5 Å². The number of carbonyl (C=O) groups excluding carboxylic acids is 2. The first-order valence-electron chi connectivity index (χ1n) is 30.4. The molecule has 3 N–H and O–H groups in total. The lowest BCUT2D eigenvalue weighted by Crippen LogP contribution is -2.45. The Labute approximate surface area is 419 Å². The van der Waals surface area contributed by atoms with E-state index in [1.807, 2.05) is 0 Å². The largest absolute Gasteiger partial charge is 0.466 e. The number of esters is 1. The Bertz CT molecular complexity index is 1000. The van der Waals surface area contributed by atoms with Gasteiger partial charge in [-0.25, -0.2) is 0 Å². The minimum Gasteiger partial charge on any atom is -0.466 e. The Hall–Kier alpha value is -1.40. The number of nitrogens with one attached hydrogen (secondary N) is 1. The predicted molar refractivity (Wildman–Crippen MR) is 292 cm³/mol. The summed E-state index contributed by atoms with van der Waals surface area (Å²) in [6.45, 7) is 4.96. The number of allylic oxidation sites excluding steroid dienone is 2. The van der Waals surface area contributed by atoms with Crippen LogP contribution >= 0.6 is 0 Å². The fraction of sp³-hybridized carbons (Fsp3) is 0.934. The van der Waals surface area contributed by atoms with Crippen molar-refractivity contribution in [1.82, 2.24) is 5.32 Å². The van der Waals surface area contributed by atoms with Gasteiger partial charge in [-0.2, -0.15) is 0 Å². The van der Waals surface area contributed by atoms with E-state index >= 15 is 0 Å². The third kappa shape index (κ3) is 53.8. The van der Waals surface area contributed by atoms with Crippen LogP contribution in [0.15, 0.2) is 12.2 Å². The van der Waals surface area contributed by atoms with E-state index in [0.29, 0.717) is 25.9 Å². The zero-order valence-corrected chi connectivity index (χ0v) is 45.4. The number of rotatable bonds is 57. The van der Waals surface area contributed by atoms with E-state index in [9.17, 15) is 19.8 Å². The Morgan fingerprint density at radius 2 is 0.701 bits per heavy atom. The van der Waals surface area contributed by atoms with Crippen LogP contribution in [0.2, 0.25) is 0 Å². The summed E-state index contributed by atoms with van der Waals surface area (Å²) in [4.78, 5) is 24.5. The van der Waals surface area contributed by atoms with Crippen LogP contribution in [0, 0.1) is 0 Å². The minimum atomic E-state index is -0.673. The van der Waals surface area contributed by atoms with E-state index in [1.54, 1.807) is 0 Å². The summed E-state index contributed by atoms with van der Waals surface area (Å²) in [5, 5.41) is 23.3. The van der Waals surface area contributed by atoms with E-state index in [2.05, 4.69) is 31.3 Å². The van der Waals surface area contributed by atoms with Crippen LogP contribution in [0.3, 0.4) is 0 Å². The zero-order valence-electron chi connectivity index (χ0n) is 45.4. The quantitative estimate of drug-likeness (QED) is 0.0321. The number of unbranched alkanes of at least 4 members (excludes halogenated alkanes) is 44. The molecule has 2 atom stereocenters. The molecule has 0 fully saturated rings. The lowest BCUT2D eigenvalue weighted by molar-refractivity contribution is -0.143. The van der Waals surface area contributed by atoms with Crippen LogP contribution in [0.5, 0.6) is 0 Å². The molecule has 0 aromatic rings. The van der Waals surface area contributed by atoms with Gasteiger partial charge in [0.15, 0.2) is 0 Å². The van der Waals surface area contributed by atoms with Crippen molar-refractivity contribution in [2.75, 3.05) is 13.2 Å². The molecule has 0 spiro atoms. The summed E-state index contributed by atoms with van der Waals surface area (Å²) in [6.07, 6.45) is 67.8. The predicted octanol–water partition coefficient (Wildman–Crippen LogP) is 18.9. The highest BCUT2D eigenvalue weighted by atomic mass is 16.5. The molecular weight excluding hydrogens is 827 g/mol. The maximum absolute atomic E-state index is 12.5. The van der Waals surface area contributed by atoms with Gasteiger partial charge in [-0.05, 0) is 51.4 Å². The van der Waals surface area contributed by atoms with Crippen LogP contribution in [0.1, 0.15) is 341 Å². The molecule has 0 aromatic carbocycles. The molecule has 0 aliphatic rings. The Kier molecular flexibility index (Phi) is 56.0. The van der Waals surface area contributed by atoms with Gasteiger partial charge in [-0.3, -0.25) is 9.59 Å². The molecular formula is C61H119NO5. The average Bonchev–Trinajstić information content (AvgIpc) is 3.33. The van der Waals surface area contributed by atoms with Crippen LogP contribution in [0.4, 0.5) is 0 Å². The Morgan fingerprint density at radius 3 is 1.06 bits per heavy atom. The van der Waals surface area contributed by atoms with Crippen molar-refractivity contribution in [2.45, 2.75) is 353 Å². The number of aliphatic hydroxyl groups excluding tert-OH is 2. The van der Waals surface area contributed by atoms with Crippen molar-refractivity contribution >= 4 is 11.9 Å². The van der Waals surface area contributed by atoms with E-state index in [4.69, 9.17) is 4.74 Å². The highest BCUT2D eigenvalue weighted by molar-refractivity contribution is 5.76. The topological polar surface area (TPSA) is 95.9 Å². The first-order chi connectivity index (χ1) is 33.0. The van der Waals surface area contributed by atoms with Gasteiger partial charge in [0.2, 0.25) is 5.91 Å². The molecule has 2 unspecified atom stereocenters. The van der Waals surface area contributed by atoms with Crippen molar-refractivity contribution in [1.29, 1.82) is 0 Å². The molecule has 0 aliphatic carbocycles. The Balaban J connectivity index is 3.44. The number of aliphatic hydroxyl groups is 2. The highest BCUT2D eigenvalue weighted by Gasteiger charge is 2.20. The minimum absolute atomic E-state index is 0.00447. The summed E-state index contributed by atoms with van der Waals surface area (Å²) < 4.78 is 5.47. The summed E-state index contributed by atoms with van der Waals surface area (Å²) in [6, 6.07) is -0.551. The van der Waals surface area contributed by atoms with E-state index in [1.165, 1.54) is 250 Å². The zero-order chi connectivity index (χ0) is 48.6. The standard InChI is InChI=1S/C61H119NO5/c1-3-5-7-9-11-13-15-17-18-19-20-21-24-27-30-33-37-41-45-49-53-59(64)58(57-63)62-60(65)54-50-46-42-38-34-31-28-25-22-23-26-29-32-36-40-44-48-52-56-67-61(66)55-51-47-43-39-35-16-14-12-10-8-6-4-2/h25,28,58-59,63-64H,3-24,26-27,29-57H2,1-2H3,(H,62,65)/b28-25-. The monoisotopic (exact) mass is 946 g/mol. The molecule has 0 rings (SSSR count). The second-order valence-corrected chi connectivity index (χ2v) is 21.0. The van der Waals surface area contributed by atoms with E-state index in [0.717, 1.165) is 57.8 Å². The van der Waals surface area contributed by atoms with E-state index < -0.39 is 12.1 Å². The summed E-state index contributed by atoms with van der Waals surface area (Å²) in [7, 11) is 0. The third-order valence-electron chi connectivity index (χ3n) is 14.3. The first kappa shape index (κ1) is 65.6. The number of amides is 1. The van der Waals surface area contributed by atoms with Crippen LogP contribution < -0.4 is 5.32 Å². The molecule has 0 aromatic heterocycles. The molecule has 0 aliphatic heterocycles. The number of carbonyl (C=O) groups is 2. The number of hydrogen-bond acceptors (Lipinski definition) is 5. The molecule has 0 heterocycles. The lowest BCUT2D eigenvalue weighted by atomic mass is 10.0. The van der Waals surface area contributed by atoms with Crippen LogP contribution in [-0.2, 0) is 14.3 Å². The van der Waals surface area contributed by atoms with Crippen molar-refractivity contribution in [2.24, 2.45) is 0 Å². The lowest BCUT2D eigenvalue weighted by Gasteiger charge is -2.22. The van der Waals surface area contributed by atoms with Crippen molar-refractivity contribution in [3.8, 4) is 0 Å². The second-order valence-electron chi connectivity index (χ2n) is 21.0. The highest BCUT2D eigenvalue weighted by Crippen LogP contribution is 2.18. The van der Waals surface area contributed by atoms with Gasteiger partial charge < -0.3 is 20.3 Å². The van der Waals surface area contributed by atoms with Gasteiger partial charge in [0.1, 0.15) is 0 Å². The van der Waals surface area contributed by atoms with Gasteiger partial charge in [0.25, 0.3) is 0 Å². The molecule has 6 heteroatoms. The Morgan fingerprint density at radius 1 is 0.403 bits per heavy atom. The summed E-state index contributed by atoms with van der Waals surface area (Å²) >= 11 is 0. The second kappa shape index (κ2) is 57.2. The maximum atomic E-state index is 12.5. The van der Waals surface area contributed by atoms with Gasteiger partial charge in [0.05, 0.1) is 25.4 Å². The SMILES string of the molecule is CCCCCCCCCCCCCCCCCCCCCCC(O)C(CO)NC(=O)CCCCCCC/C=C\CCCCCCCCCCCOC(=O)CCCCCCCCCCCCCC. The molecule has 0 saturated carbocycles. The fourth-order valence-corrected chi connectivity index (χ4v) is 9.64. The maximum Gasteiger partial charge on any atom is 0.305 e. The van der Waals surface area contributed by atoms with Crippen molar-refractivity contribution in [3.63, 3.8) is 0 Å². The molecule has 398 valence electrons. The number of hydrogen-bond donors (Lipinski definition) is 3. The normalized spacial score (nSPS) is 12.6. The average molecular weight is 947 g/mol. The van der Waals surface area contributed by atoms with Gasteiger partial charge in [-0.1, -0.05) is 289 Å². The fourth-order valence-electron chi connectivity index (χ4n) is 9.64. The molecule has 6 nitrogen and oxygen atoms in total. The first-order valence-corrected chi connectivity index (χ1v) is 30.4. The molecule has 0 bridgehead atoms. The van der Waals surface area contributed by atoms with Gasteiger partial charge >= 0.3 is 5.97 Å². The van der Waals surface area contributed by atoms with Gasteiger partial charge in [-0.15, -0.1) is 0 Å². The number of ether oxygens (including phenoxy) is 1. The van der Waals surface area contributed by atoms with Gasteiger partial charge in [0, 0.05) is 12.8 Å². The summed E-state index contributed by atoms with van der Waals surface area (Å²) in [5.74, 6) is -0.0412. The summed E-state index contributed by atoms with van der Waals surface area (Å²) in [5.41, 5.74) is 0. The van der Waals surface area contributed by atoms with Crippen molar-refractivity contribution in [3.05, 3.63) is 12.2 Å². The molecule has 1 amide bonds. The van der Waals surface area contributed by atoms with Crippen LogP contribution in [-0.4, -0.2) is 47.4 Å². The van der Waals surface area contributed by atoms with Crippen LogP contribution in [0.25, 0.3) is 0 Å². The smallest absolute Gasteiger partial charge is 0.305 e. The molecule has 0 saturated heterocycles. The third-order valence-corrected chi connectivity index (χ3v) is 14.3. The molecule has 0 radical (unpaired) electrons. The molecule has 67 heavy (non-hydrogen) atoms. The van der Waals surface area contributed by atoms with Crippen molar-refractivity contribution < 1.29 is 24.5 Å².